The van der Waals surface area contributed by atoms with Gasteiger partial charge in [-0.15, -0.1) is 0 Å². The average Bonchev–Trinajstić information content (AvgIpc) is 2.69. The first kappa shape index (κ1) is 20.3. The SMILES string of the molecule is CNC(=O)CCc1ccc(OC2CCC(O)[C@H](C)O2)cc1-c1cccc(F)c1. The van der Waals surface area contributed by atoms with Crippen LogP contribution in [0.15, 0.2) is 42.5 Å². The number of aryl methyl sites for hydroxylation is 1. The van der Waals surface area contributed by atoms with Gasteiger partial charge < -0.3 is 19.9 Å². The number of hydrogen-bond donors (Lipinski definition) is 2. The molecule has 0 radical (unpaired) electrons. The van der Waals surface area contributed by atoms with Gasteiger partial charge in [-0.25, -0.2) is 4.39 Å². The molecule has 1 amide bonds. The molecule has 3 rings (SSSR count). The van der Waals surface area contributed by atoms with Gasteiger partial charge in [0.25, 0.3) is 0 Å². The highest BCUT2D eigenvalue weighted by Gasteiger charge is 2.27. The number of hydrogen-bond acceptors (Lipinski definition) is 4. The van der Waals surface area contributed by atoms with Crippen LogP contribution >= 0.6 is 0 Å². The molecule has 0 spiro atoms. The number of carbonyl (C=O) groups excluding carboxylic acids is 1. The highest BCUT2D eigenvalue weighted by atomic mass is 19.1. The van der Waals surface area contributed by atoms with Crippen LogP contribution in [0.1, 0.15) is 31.7 Å². The Kier molecular flexibility index (Phi) is 6.65. The van der Waals surface area contributed by atoms with Crippen LogP contribution in [0.25, 0.3) is 11.1 Å². The molecule has 2 aromatic rings. The first-order chi connectivity index (χ1) is 13.5. The highest BCUT2D eigenvalue weighted by molar-refractivity contribution is 5.77. The third kappa shape index (κ3) is 5.09. The van der Waals surface area contributed by atoms with Gasteiger partial charge in [-0.1, -0.05) is 18.2 Å². The van der Waals surface area contributed by atoms with Crippen molar-refractivity contribution in [1.82, 2.24) is 5.32 Å². The molecule has 1 fully saturated rings. The van der Waals surface area contributed by atoms with E-state index >= 15 is 0 Å². The first-order valence-electron chi connectivity index (χ1n) is 9.56. The van der Waals surface area contributed by atoms with Crippen LogP contribution in [-0.2, 0) is 16.0 Å². The zero-order valence-electron chi connectivity index (χ0n) is 16.2. The van der Waals surface area contributed by atoms with E-state index in [0.717, 1.165) is 16.7 Å². The van der Waals surface area contributed by atoms with Crippen LogP contribution < -0.4 is 10.1 Å². The number of amides is 1. The number of aliphatic hydroxyl groups is 1. The van der Waals surface area contributed by atoms with E-state index in [1.807, 2.05) is 31.2 Å². The summed E-state index contributed by atoms with van der Waals surface area (Å²) in [6.07, 6.45) is 0.903. The minimum Gasteiger partial charge on any atom is -0.465 e. The van der Waals surface area contributed by atoms with E-state index in [1.165, 1.54) is 12.1 Å². The number of carbonyl (C=O) groups is 1. The minimum absolute atomic E-state index is 0.0475. The Morgan fingerprint density at radius 1 is 1.29 bits per heavy atom. The third-order valence-electron chi connectivity index (χ3n) is 4.99. The fourth-order valence-electron chi connectivity index (χ4n) is 3.32. The molecule has 150 valence electrons. The van der Waals surface area contributed by atoms with Crippen molar-refractivity contribution in [1.29, 1.82) is 0 Å². The number of nitrogens with one attached hydrogen (secondary N) is 1. The number of benzene rings is 2. The summed E-state index contributed by atoms with van der Waals surface area (Å²) in [5.74, 6) is 0.240. The molecule has 1 aliphatic rings. The van der Waals surface area contributed by atoms with Crippen molar-refractivity contribution in [2.45, 2.75) is 51.1 Å². The molecule has 28 heavy (non-hydrogen) atoms. The van der Waals surface area contributed by atoms with Gasteiger partial charge in [0.05, 0.1) is 12.2 Å². The van der Waals surface area contributed by atoms with E-state index in [9.17, 15) is 14.3 Å². The van der Waals surface area contributed by atoms with Crippen molar-refractivity contribution in [3.8, 4) is 16.9 Å². The normalized spacial score (nSPS) is 21.9. The summed E-state index contributed by atoms with van der Waals surface area (Å²) in [6.45, 7) is 1.82. The molecular weight excluding hydrogens is 361 g/mol. The lowest BCUT2D eigenvalue weighted by molar-refractivity contribution is -0.180. The van der Waals surface area contributed by atoms with E-state index in [1.54, 1.807) is 13.1 Å². The lowest BCUT2D eigenvalue weighted by atomic mass is 9.96. The van der Waals surface area contributed by atoms with Gasteiger partial charge in [0.1, 0.15) is 11.6 Å². The maximum atomic E-state index is 13.8. The van der Waals surface area contributed by atoms with E-state index in [2.05, 4.69) is 5.32 Å². The third-order valence-corrected chi connectivity index (χ3v) is 4.99. The number of rotatable bonds is 6. The van der Waals surface area contributed by atoms with E-state index in [4.69, 9.17) is 9.47 Å². The molecule has 0 aromatic heterocycles. The van der Waals surface area contributed by atoms with Crippen LogP contribution in [0, 0.1) is 5.82 Å². The number of ether oxygens (including phenoxy) is 2. The van der Waals surface area contributed by atoms with E-state index in [0.29, 0.717) is 31.4 Å². The van der Waals surface area contributed by atoms with Crippen LogP contribution in [0.5, 0.6) is 5.75 Å². The molecule has 2 N–H and O–H groups in total. The molecule has 2 unspecified atom stereocenters. The second-order valence-electron chi connectivity index (χ2n) is 7.04. The molecule has 1 aliphatic heterocycles. The Morgan fingerprint density at radius 3 is 2.82 bits per heavy atom. The second-order valence-corrected chi connectivity index (χ2v) is 7.04. The van der Waals surface area contributed by atoms with E-state index in [-0.39, 0.29) is 17.8 Å². The van der Waals surface area contributed by atoms with Crippen LogP contribution in [0.2, 0.25) is 0 Å². The highest BCUT2D eigenvalue weighted by Crippen LogP contribution is 2.31. The predicted molar refractivity (Wildman–Crippen MR) is 104 cm³/mol. The van der Waals surface area contributed by atoms with E-state index < -0.39 is 12.4 Å². The second kappa shape index (κ2) is 9.17. The summed E-state index contributed by atoms with van der Waals surface area (Å²) < 4.78 is 25.4. The van der Waals surface area contributed by atoms with Gasteiger partial charge in [0.2, 0.25) is 5.91 Å². The monoisotopic (exact) mass is 387 g/mol. The molecule has 2 aromatic carbocycles. The molecule has 0 bridgehead atoms. The van der Waals surface area contributed by atoms with Crippen LogP contribution in [-0.4, -0.2) is 36.6 Å². The molecule has 1 saturated heterocycles. The van der Waals surface area contributed by atoms with Crippen molar-refractivity contribution < 1.29 is 23.8 Å². The summed E-state index contributed by atoms with van der Waals surface area (Å²) in [4.78, 5) is 11.6. The zero-order valence-corrected chi connectivity index (χ0v) is 16.2. The van der Waals surface area contributed by atoms with Crippen molar-refractivity contribution in [3.05, 3.63) is 53.8 Å². The molecule has 5 nitrogen and oxygen atoms in total. The van der Waals surface area contributed by atoms with Crippen molar-refractivity contribution in [2.75, 3.05) is 7.05 Å². The first-order valence-corrected chi connectivity index (χ1v) is 9.56. The molecule has 3 atom stereocenters. The fraction of sp³-hybridized carbons (Fsp3) is 0.409. The van der Waals surface area contributed by atoms with Gasteiger partial charge in [-0.3, -0.25) is 4.79 Å². The Balaban J connectivity index is 1.84. The lowest BCUT2D eigenvalue weighted by Gasteiger charge is -2.31. The lowest BCUT2D eigenvalue weighted by Crippen LogP contribution is -2.39. The van der Waals surface area contributed by atoms with Gasteiger partial charge in [0.15, 0.2) is 6.29 Å². The topological polar surface area (TPSA) is 67.8 Å². The molecule has 0 saturated carbocycles. The van der Waals surface area contributed by atoms with Gasteiger partial charge in [0, 0.05) is 19.9 Å². The van der Waals surface area contributed by atoms with Crippen molar-refractivity contribution in [2.24, 2.45) is 0 Å². The van der Waals surface area contributed by atoms with Gasteiger partial charge in [-0.2, -0.15) is 0 Å². The Labute approximate surface area is 164 Å². The summed E-state index contributed by atoms with van der Waals surface area (Å²) >= 11 is 0. The van der Waals surface area contributed by atoms with Crippen molar-refractivity contribution >= 4 is 5.91 Å². The summed E-state index contributed by atoms with van der Waals surface area (Å²) in [6, 6.07) is 12.0. The van der Waals surface area contributed by atoms with Crippen LogP contribution in [0.3, 0.4) is 0 Å². The smallest absolute Gasteiger partial charge is 0.220 e. The number of halogens is 1. The van der Waals surface area contributed by atoms with Gasteiger partial charge >= 0.3 is 0 Å². The Bertz CT molecular complexity index is 826. The molecular formula is C22H26FNO4. The predicted octanol–water partition coefficient (Wildman–Crippen LogP) is 3.44. The average molecular weight is 387 g/mol. The summed E-state index contributed by atoms with van der Waals surface area (Å²) in [7, 11) is 1.61. The zero-order chi connectivity index (χ0) is 20.1. The molecule has 1 heterocycles. The van der Waals surface area contributed by atoms with Crippen LogP contribution in [0.4, 0.5) is 4.39 Å². The minimum atomic E-state index is -0.477. The largest absolute Gasteiger partial charge is 0.465 e. The number of aliphatic hydroxyl groups excluding tert-OH is 1. The molecule has 0 aliphatic carbocycles. The quantitative estimate of drug-likeness (QED) is 0.797. The van der Waals surface area contributed by atoms with Gasteiger partial charge in [-0.05, 0) is 60.7 Å². The summed E-state index contributed by atoms with van der Waals surface area (Å²) in [5.41, 5.74) is 2.49. The Morgan fingerprint density at radius 2 is 2.11 bits per heavy atom. The maximum Gasteiger partial charge on any atom is 0.220 e. The molecule has 6 heteroatoms. The fourth-order valence-corrected chi connectivity index (χ4v) is 3.32. The Hall–Kier alpha value is -2.44. The summed E-state index contributed by atoms with van der Waals surface area (Å²) in [5, 5.41) is 12.4. The van der Waals surface area contributed by atoms with Crippen molar-refractivity contribution in [3.63, 3.8) is 0 Å². The maximum absolute atomic E-state index is 13.8. The standard InChI is InChI=1S/C22H26FNO4/c1-14-20(25)9-11-22(27-14)28-18-8-6-15(7-10-21(26)24-2)19(13-18)16-4-3-5-17(23)12-16/h3-6,8,12-14,20,22,25H,7,9-11H2,1-2H3,(H,24,26)/t14-,20?,22?/m0/s1.